The van der Waals surface area contributed by atoms with E-state index in [-0.39, 0.29) is 0 Å². The molecule has 2 aromatic heterocycles. The summed E-state index contributed by atoms with van der Waals surface area (Å²) in [4.78, 5) is 9.64. The molecular formula is C27H27BN2O3. The van der Waals surface area contributed by atoms with Crippen LogP contribution in [0.25, 0.3) is 33.4 Å². The van der Waals surface area contributed by atoms with Crippen molar-refractivity contribution in [2.45, 2.75) is 38.9 Å². The summed E-state index contributed by atoms with van der Waals surface area (Å²) >= 11 is 0. The number of pyridine rings is 2. The van der Waals surface area contributed by atoms with Gasteiger partial charge in [0.1, 0.15) is 5.75 Å². The monoisotopic (exact) mass is 438 g/mol. The van der Waals surface area contributed by atoms with E-state index >= 15 is 0 Å². The first-order valence-corrected chi connectivity index (χ1v) is 11.1. The van der Waals surface area contributed by atoms with Crippen molar-refractivity contribution in [3.8, 4) is 28.3 Å². The predicted octanol–water partition coefficient (Wildman–Crippen LogP) is 5.27. The third-order valence-corrected chi connectivity index (χ3v) is 6.69. The van der Waals surface area contributed by atoms with E-state index < -0.39 is 18.3 Å². The molecule has 0 N–H and O–H groups in total. The van der Waals surface area contributed by atoms with E-state index in [0.717, 1.165) is 38.9 Å². The van der Waals surface area contributed by atoms with Crippen molar-refractivity contribution in [1.82, 2.24) is 9.97 Å². The summed E-state index contributed by atoms with van der Waals surface area (Å²) in [6.45, 7) is 8.13. The molecule has 33 heavy (non-hydrogen) atoms. The fraction of sp³-hybridized carbons (Fsp3) is 0.259. The Hall–Kier alpha value is -3.22. The number of rotatable bonds is 4. The van der Waals surface area contributed by atoms with Gasteiger partial charge in [-0.15, -0.1) is 0 Å². The Bertz CT molecular complexity index is 1310. The molecule has 0 atom stereocenters. The van der Waals surface area contributed by atoms with Crippen molar-refractivity contribution >= 4 is 23.5 Å². The topological polar surface area (TPSA) is 53.5 Å². The molecule has 0 aliphatic carbocycles. The number of fused-ring (bicyclic) bond motifs is 1. The van der Waals surface area contributed by atoms with Gasteiger partial charge in [-0.3, -0.25) is 4.98 Å². The molecule has 2 aromatic carbocycles. The maximum Gasteiger partial charge on any atom is 0.500 e. The van der Waals surface area contributed by atoms with Crippen LogP contribution in [-0.2, 0) is 9.31 Å². The summed E-state index contributed by atoms with van der Waals surface area (Å²) in [6, 6.07) is 22.5. The molecule has 0 amide bonds. The molecule has 5 rings (SSSR count). The fourth-order valence-electron chi connectivity index (χ4n) is 4.07. The average molecular weight is 438 g/mol. The molecule has 1 fully saturated rings. The summed E-state index contributed by atoms with van der Waals surface area (Å²) in [6.07, 6.45) is 1.77. The summed E-state index contributed by atoms with van der Waals surface area (Å²) in [5.74, 6) is 0.662. The third kappa shape index (κ3) is 3.79. The van der Waals surface area contributed by atoms with E-state index in [4.69, 9.17) is 24.0 Å². The van der Waals surface area contributed by atoms with Crippen LogP contribution in [0.1, 0.15) is 27.7 Å². The number of hydrogen-bond donors (Lipinski definition) is 0. The third-order valence-electron chi connectivity index (χ3n) is 6.69. The first kappa shape index (κ1) is 21.6. The van der Waals surface area contributed by atoms with Gasteiger partial charge >= 0.3 is 7.12 Å². The van der Waals surface area contributed by atoms with Crippen LogP contribution in [0.3, 0.4) is 0 Å². The highest BCUT2D eigenvalue weighted by atomic mass is 16.7. The lowest BCUT2D eigenvalue weighted by Gasteiger charge is -2.32. The smallest absolute Gasteiger partial charge is 0.497 e. The van der Waals surface area contributed by atoms with Crippen LogP contribution in [-0.4, -0.2) is 35.4 Å². The van der Waals surface area contributed by atoms with Crippen LogP contribution >= 0.6 is 0 Å². The van der Waals surface area contributed by atoms with Gasteiger partial charge in [-0.1, -0.05) is 48.5 Å². The van der Waals surface area contributed by atoms with Gasteiger partial charge in [-0.05, 0) is 51.0 Å². The van der Waals surface area contributed by atoms with Gasteiger partial charge in [0.05, 0.1) is 35.2 Å². The van der Waals surface area contributed by atoms with Crippen LogP contribution in [0.15, 0.2) is 72.9 Å². The van der Waals surface area contributed by atoms with Crippen LogP contribution in [0.4, 0.5) is 0 Å². The van der Waals surface area contributed by atoms with E-state index in [9.17, 15) is 0 Å². The Labute approximate surface area is 194 Å². The minimum atomic E-state index is -0.545. The normalized spacial score (nSPS) is 16.8. The van der Waals surface area contributed by atoms with E-state index in [0.29, 0.717) is 5.75 Å². The minimum absolute atomic E-state index is 0.439. The van der Waals surface area contributed by atoms with Gasteiger partial charge in [0.25, 0.3) is 0 Å². The number of methoxy groups -OCH3 is 1. The van der Waals surface area contributed by atoms with E-state index in [2.05, 4.69) is 24.3 Å². The molecule has 166 valence electrons. The van der Waals surface area contributed by atoms with Crippen molar-refractivity contribution in [3.05, 3.63) is 72.9 Å². The molecule has 0 radical (unpaired) electrons. The Morgan fingerprint density at radius 2 is 1.48 bits per heavy atom. The Balaban J connectivity index is 1.60. The summed E-state index contributed by atoms with van der Waals surface area (Å²) in [5, 5.41) is 1.10. The van der Waals surface area contributed by atoms with E-state index in [1.807, 2.05) is 70.2 Å². The molecule has 4 aromatic rings. The van der Waals surface area contributed by atoms with Gasteiger partial charge in [-0.2, -0.15) is 0 Å². The van der Waals surface area contributed by atoms with Crippen LogP contribution in [0.5, 0.6) is 5.75 Å². The number of hydrogen-bond acceptors (Lipinski definition) is 5. The largest absolute Gasteiger partial charge is 0.500 e. The molecular weight excluding hydrogens is 411 g/mol. The van der Waals surface area contributed by atoms with Crippen molar-refractivity contribution in [2.24, 2.45) is 0 Å². The first-order valence-electron chi connectivity index (χ1n) is 11.1. The summed E-state index contributed by atoms with van der Waals surface area (Å²) in [7, 11) is 1.10. The average Bonchev–Trinajstić information content (AvgIpc) is 3.05. The number of benzene rings is 2. The quantitative estimate of drug-likeness (QED) is 0.407. The lowest BCUT2D eigenvalue weighted by atomic mass is 9.79. The van der Waals surface area contributed by atoms with Gasteiger partial charge in [0.2, 0.25) is 0 Å². The number of ether oxygens (including phenoxy) is 1. The Morgan fingerprint density at radius 3 is 2.18 bits per heavy atom. The summed E-state index contributed by atoms with van der Waals surface area (Å²) < 4.78 is 18.2. The molecule has 1 aliphatic rings. The van der Waals surface area contributed by atoms with Gasteiger partial charge in [0.15, 0.2) is 0 Å². The van der Waals surface area contributed by atoms with Crippen molar-refractivity contribution < 1.29 is 14.0 Å². The van der Waals surface area contributed by atoms with Gasteiger partial charge in [0, 0.05) is 23.1 Å². The SMILES string of the molecule is COc1cc(-c2cc(-c3ccccc3)c3ccccc3n2)ncc1B1OC(C)(C)C(C)(C)O1. The van der Waals surface area contributed by atoms with Crippen LogP contribution in [0, 0.1) is 0 Å². The molecule has 5 nitrogen and oxygen atoms in total. The second-order valence-corrected chi connectivity index (χ2v) is 9.34. The highest BCUT2D eigenvalue weighted by Gasteiger charge is 2.52. The highest BCUT2D eigenvalue weighted by molar-refractivity contribution is 6.63. The zero-order chi connectivity index (χ0) is 23.2. The molecule has 1 aliphatic heterocycles. The lowest BCUT2D eigenvalue weighted by molar-refractivity contribution is 0.00578. The molecule has 6 heteroatoms. The molecule has 0 saturated carbocycles. The first-order chi connectivity index (χ1) is 15.8. The molecule has 0 bridgehead atoms. The number of para-hydroxylation sites is 1. The highest BCUT2D eigenvalue weighted by Crippen LogP contribution is 2.38. The Kier molecular flexibility index (Phi) is 5.23. The molecule has 1 saturated heterocycles. The maximum absolute atomic E-state index is 6.21. The van der Waals surface area contributed by atoms with Crippen molar-refractivity contribution in [3.63, 3.8) is 0 Å². The van der Waals surface area contributed by atoms with Crippen molar-refractivity contribution in [1.29, 1.82) is 0 Å². The van der Waals surface area contributed by atoms with E-state index in [1.54, 1.807) is 13.3 Å². The maximum atomic E-state index is 6.21. The zero-order valence-electron chi connectivity index (χ0n) is 19.6. The lowest BCUT2D eigenvalue weighted by Crippen LogP contribution is -2.41. The minimum Gasteiger partial charge on any atom is -0.497 e. The zero-order valence-corrected chi connectivity index (χ0v) is 19.6. The van der Waals surface area contributed by atoms with Crippen LogP contribution < -0.4 is 10.2 Å². The second-order valence-electron chi connectivity index (χ2n) is 9.34. The molecule has 0 unspecified atom stereocenters. The van der Waals surface area contributed by atoms with Crippen LogP contribution in [0.2, 0.25) is 0 Å². The Morgan fingerprint density at radius 1 is 0.818 bits per heavy atom. The van der Waals surface area contributed by atoms with E-state index in [1.165, 1.54) is 0 Å². The fourth-order valence-corrected chi connectivity index (χ4v) is 4.07. The van der Waals surface area contributed by atoms with Crippen molar-refractivity contribution in [2.75, 3.05) is 7.11 Å². The second kappa shape index (κ2) is 7.98. The number of aromatic nitrogens is 2. The molecule has 0 spiro atoms. The standard InChI is InChI=1S/C27H27BN2O3/c1-26(2)27(3,4)33-28(32-26)21-17-29-23(16-25(21)31-5)24-15-20(18-11-7-6-8-12-18)19-13-9-10-14-22(19)30-24/h6-17H,1-5H3. The number of nitrogens with zero attached hydrogens (tertiary/aromatic N) is 2. The van der Waals surface area contributed by atoms with Gasteiger partial charge < -0.3 is 14.0 Å². The summed E-state index contributed by atoms with van der Waals surface area (Å²) in [5.41, 5.74) is 4.58. The van der Waals surface area contributed by atoms with Gasteiger partial charge in [-0.25, -0.2) is 4.98 Å². The predicted molar refractivity (Wildman–Crippen MR) is 133 cm³/mol. The molecule has 3 heterocycles.